The zero-order chi connectivity index (χ0) is 14.7. The average Bonchev–Trinajstić information content (AvgIpc) is 3.18. The molecule has 0 bridgehead atoms. The standard InChI is InChI=1S/C16H28N4O/c1-3-15-17-16(21-18-15)13(2)20-10-8-19(9-11-20)12-14-6-4-5-7-14/h13-14H,3-12H2,1-2H3/t13-/m0/s1. The van der Waals surface area contributed by atoms with Crippen LogP contribution in [0.5, 0.6) is 0 Å². The molecule has 0 spiro atoms. The Bertz CT molecular complexity index is 433. The Labute approximate surface area is 127 Å². The summed E-state index contributed by atoms with van der Waals surface area (Å²) in [4.78, 5) is 9.59. The Kier molecular flexibility index (Phi) is 4.91. The van der Waals surface area contributed by atoms with E-state index in [4.69, 9.17) is 4.52 Å². The van der Waals surface area contributed by atoms with E-state index in [0.717, 1.165) is 37.1 Å². The molecule has 118 valence electrons. The number of aryl methyl sites for hydroxylation is 1. The van der Waals surface area contributed by atoms with Crippen molar-refractivity contribution in [1.82, 2.24) is 19.9 Å². The Morgan fingerprint density at radius 2 is 1.90 bits per heavy atom. The van der Waals surface area contributed by atoms with E-state index in [1.54, 1.807) is 0 Å². The Morgan fingerprint density at radius 3 is 2.52 bits per heavy atom. The maximum absolute atomic E-state index is 5.39. The van der Waals surface area contributed by atoms with Gasteiger partial charge in [0.2, 0.25) is 5.89 Å². The second kappa shape index (κ2) is 6.88. The van der Waals surface area contributed by atoms with Crippen LogP contribution in [0.15, 0.2) is 4.52 Å². The molecule has 3 rings (SSSR count). The van der Waals surface area contributed by atoms with Crippen molar-refractivity contribution >= 4 is 0 Å². The number of hydrogen-bond acceptors (Lipinski definition) is 5. The minimum atomic E-state index is 0.242. The molecule has 0 N–H and O–H groups in total. The van der Waals surface area contributed by atoms with Gasteiger partial charge in [-0.25, -0.2) is 0 Å². The van der Waals surface area contributed by atoms with Crippen LogP contribution in [0.25, 0.3) is 0 Å². The van der Waals surface area contributed by atoms with Crippen LogP contribution in [0.4, 0.5) is 0 Å². The van der Waals surface area contributed by atoms with Crippen molar-refractivity contribution in [3.63, 3.8) is 0 Å². The molecule has 1 aromatic rings. The first kappa shape index (κ1) is 15.0. The molecule has 1 atom stereocenters. The number of nitrogens with zero attached hydrogens (tertiary/aromatic N) is 4. The molecule has 1 aliphatic heterocycles. The van der Waals surface area contributed by atoms with E-state index in [0.29, 0.717) is 0 Å². The fourth-order valence-corrected chi connectivity index (χ4v) is 3.63. The van der Waals surface area contributed by atoms with Crippen LogP contribution in [0.1, 0.15) is 57.3 Å². The summed E-state index contributed by atoms with van der Waals surface area (Å²) >= 11 is 0. The van der Waals surface area contributed by atoms with Gasteiger partial charge in [-0.2, -0.15) is 4.98 Å². The third-order valence-corrected chi connectivity index (χ3v) is 5.10. The van der Waals surface area contributed by atoms with Crippen LogP contribution in [0.2, 0.25) is 0 Å². The average molecular weight is 292 g/mol. The molecule has 2 aliphatic rings. The van der Waals surface area contributed by atoms with Gasteiger partial charge in [-0.15, -0.1) is 0 Å². The lowest BCUT2D eigenvalue weighted by atomic mass is 10.1. The van der Waals surface area contributed by atoms with E-state index in [2.05, 4.69) is 33.8 Å². The number of rotatable bonds is 5. The molecule has 1 saturated carbocycles. The van der Waals surface area contributed by atoms with Crippen LogP contribution in [0, 0.1) is 5.92 Å². The maximum atomic E-state index is 5.39. The van der Waals surface area contributed by atoms with Gasteiger partial charge in [0, 0.05) is 39.1 Å². The normalized spacial score (nSPS) is 23.7. The van der Waals surface area contributed by atoms with Crippen LogP contribution < -0.4 is 0 Å². The largest absolute Gasteiger partial charge is 0.338 e. The van der Waals surface area contributed by atoms with Gasteiger partial charge in [0.05, 0.1) is 6.04 Å². The molecule has 0 unspecified atom stereocenters. The van der Waals surface area contributed by atoms with Crippen molar-refractivity contribution < 1.29 is 4.52 Å². The summed E-state index contributed by atoms with van der Waals surface area (Å²) in [5.41, 5.74) is 0. The Balaban J connectivity index is 1.48. The van der Waals surface area contributed by atoms with E-state index in [9.17, 15) is 0 Å². The summed E-state index contributed by atoms with van der Waals surface area (Å²) in [6.45, 7) is 10.1. The lowest BCUT2D eigenvalue weighted by Crippen LogP contribution is -2.48. The highest BCUT2D eigenvalue weighted by molar-refractivity contribution is 4.93. The fourth-order valence-electron chi connectivity index (χ4n) is 3.63. The SMILES string of the molecule is CCc1noc([C@H](C)N2CCN(CC3CCCC3)CC2)n1. The molecule has 0 amide bonds. The molecule has 2 heterocycles. The van der Waals surface area contributed by atoms with Crippen molar-refractivity contribution in [3.8, 4) is 0 Å². The van der Waals surface area contributed by atoms with Crippen molar-refractivity contribution in [1.29, 1.82) is 0 Å². The summed E-state index contributed by atoms with van der Waals surface area (Å²) in [5, 5.41) is 4.01. The van der Waals surface area contributed by atoms with Crippen molar-refractivity contribution in [2.45, 2.75) is 52.0 Å². The van der Waals surface area contributed by atoms with Crippen molar-refractivity contribution in [2.75, 3.05) is 32.7 Å². The third kappa shape index (κ3) is 3.64. The molecular weight excluding hydrogens is 264 g/mol. The first-order valence-electron chi connectivity index (χ1n) is 8.55. The Morgan fingerprint density at radius 1 is 1.19 bits per heavy atom. The zero-order valence-electron chi connectivity index (χ0n) is 13.4. The lowest BCUT2D eigenvalue weighted by molar-refractivity contribution is 0.0797. The highest BCUT2D eigenvalue weighted by Gasteiger charge is 2.27. The molecule has 2 fully saturated rings. The van der Waals surface area contributed by atoms with Crippen LogP contribution >= 0.6 is 0 Å². The number of piperazine rings is 1. The summed E-state index contributed by atoms with van der Waals surface area (Å²) in [5.74, 6) is 2.55. The van der Waals surface area contributed by atoms with Crippen LogP contribution in [-0.2, 0) is 6.42 Å². The first-order valence-corrected chi connectivity index (χ1v) is 8.55. The molecule has 1 saturated heterocycles. The van der Waals surface area contributed by atoms with Crippen molar-refractivity contribution in [3.05, 3.63) is 11.7 Å². The summed E-state index contributed by atoms with van der Waals surface area (Å²) in [7, 11) is 0. The molecule has 0 radical (unpaired) electrons. The molecule has 1 aromatic heterocycles. The maximum Gasteiger partial charge on any atom is 0.243 e. The lowest BCUT2D eigenvalue weighted by Gasteiger charge is -2.37. The van der Waals surface area contributed by atoms with Crippen LogP contribution in [0.3, 0.4) is 0 Å². The molecule has 1 aliphatic carbocycles. The second-order valence-corrected chi connectivity index (χ2v) is 6.57. The second-order valence-electron chi connectivity index (χ2n) is 6.57. The quantitative estimate of drug-likeness (QED) is 0.834. The fraction of sp³-hybridized carbons (Fsp3) is 0.875. The topological polar surface area (TPSA) is 45.4 Å². The first-order chi connectivity index (χ1) is 10.3. The molecule has 5 heteroatoms. The van der Waals surface area contributed by atoms with E-state index in [-0.39, 0.29) is 6.04 Å². The highest BCUT2D eigenvalue weighted by Crippen LogP contribution is 2.26. The molecule has 0 aromatic carbocycles. The third-order valence-electron chi connectivity index (χ3n) is 5.10. The van der Waals surface area contributed by atoms with Gasteiger partial charge in [-0.1, -0.05) is 24.9 Å². The van der Waals surface area contributed by atoms with E-state index in [1.165, 1.54) is 45.3 Å². The monoisotopic (exact) mass is 292 g/mol. The zero-order valence-corrected chi connectivity index (χ0v) is 13.4. The van der Waals surface area contributed by atoms with Gasteiger partial charge in [0.1, 0.15) is 0 Å². The summed E-state index contributed by atoms with van der Waals surface area (Å²) in [6.07, 6.45) is 6.61. The van der Waals surface area contributed by atoms with Gasteiger partial charge < -0.3 is 9.42 Å². The molecule has 5 nitrogen and oxygen atoms in total. The number of aromatic nitrogens is 2. The summed E-state index contributed by atoms with van der Waals surface area (Å²) in [6, 6.07) is 0.242. The van der Waals surface area contributed by atoms with Gasteiger partial charge >= 0.3 is 0 Å². The van der Waals surface area contributed by atoms with Gasteiger partial charge in [0.25, 0.3) is 0 Å². The smallest absolute Gasteiger partial charge is 0.243 e. The predicted octanol–water partition coefficient (Wildman–Crippen LogP) is 2.50. The highest BCUT2D eigenvalue weighted by atomic mass is 16.5. The minimum absolute atomic E-state index is 0.242. The number of hydrogen-bond donors (Lipinski definition) is 0. The Hall–Kier alpha value is -0.940. The van der Waals surface area contributed by atoms with E-state index in [1.807, 2.05) is 0 Å². The predicted molar refractivity (Wildman–Crippen MR) is 82.1 cm³/mol. The van der Waals surface area contributed by atoms with Gasteiger partial charge in [-0.05, 0) is 25.7 Å². The van der Waals surface area contributed by atoms with E-state index >= 15 is 0 Å². The molecule has 21 heavy (non-hydrogen) atoms. The molecular formula is C16H28N4O. The van der Waals surface area contributed by atoms with E-state index < -0.39 is 0 Å². The minimum Gasteiger partial charge on any atom is -0.338 e. The van der Waals surface area contributed by atoms with Gasteiger partial charge in [-0.3, -0.25) is 4.90 Å². The van der Waals surface area contributed by atoms with Crippen LogP contribution in [-0.4, -0.2) is 52.7 Å². The summed E-state index contributed by atoms with van der Waals surface area (Å²) < 4.78 is 5.39. The van der Waals surface area contributed by atoms with Gasteiger partial charge in [0.15, 0.2) is 5.82 Å². The van der Waals surface area contributed by atoms with Crippen molar-refractivity contribution in [2.24, 2.45) is 5.92 Å².